The lowest BCUT2D eigenvalue weighted by Gasteiger charge is -2.39. The molecule has 3 aromatic rings. The fraction of sp³-hybridized carbons (Fsp3) is 0.458. The molecule has 0 aliphatic carbocycles. The number of furan rings is 1. The standard InChI is InChI=1S/C24H30BrN5O3/c1-15-9-17(29-23(31)33-24(2,3)4)13-30(12-15)20-7-8-26-11-19(20)27-10-16-5-6-21-22(28-16)18(25)14-32-21/h5-8,11,14-15,17,27H,9-10,12-13H2,1-4H3,(H,29,31)/t15-,17+/m1/s1. The number of rotatable bonds is 5. The minimum absolute atomic E-state index is 0.00660. The second-order valence-electron chi connectivity index (χ2n) is 9.57. The third kappa shape index (κ3) is 5.96. The third-order valence-electron chi connectivity index (χ3n) is 5.41. The lowest BCUT2D eigenvalue weighted by molar-refractivity contribution is 0.0495. The van der Waals surface area contributed by atoms with Crippen LogP contribution in [0.25, 0.3) is 11.1 Å². The summed E-state index contributed by atoms with van der Waals surface area (Å²) in [7, 11) is 0. The Balaban J connectivity index is 1.46. The highest BCUT2D eigenvalue weighted by atomic mass is 79.9. The van der Waals surface area contributed by atoms with Crippen molar-refractivity contribution in [2.24, 2.45) is 5.92 Å². The molecule has 33 heavy (non-hydrogen) atoms. The number of nitrogens with zero attached hydrogens (tertiary/aromatic N) is 3. The summed E-state index contributed by atoms with van der Waals surface area (Å²) in [4.78, 5) is 23.6. The molecule has 0 bridgehead atoms. The number of aromatic nitrogens is 2. The molecule has 0 saturated carbocycles. The Morgan fingerprint density at radius 3 is 2.91 bits per heavy atom. The number of alkyl carbamates (subject to hydrolysis) is 1. The molecular weight excluding hydrogens is 486 g/mol. The number of fused-ring (bicyclic) bond motifs is 1. The Bertz CT molecular complexity index is 1130. The van der Waals surface area contributed by atoms with Gasteiger partial charge >= 0.3 is 6.09 Å². The zero-order valence-electron chi connectivity index (χ0n) is 19.4. The number of anilines is 2. The minimum Gasteiger partial charge on any atom is -0.461 e. The minimum atomic E-state index is -0.519. The molecule has 2 atom stereocenters. The van der Waals surface area contributed by atoms with Gasteiger partial charge in [0.1, 0.15) is 17.4 Å². The zero-order valence-corrected chi connectivity index (χ0v) is 21.0. The Kier molecular flexibility index (Phi) is 6.78. The van der Waals surface area contributed by atoms with Gasteiger partial charge in [-0.15, -0.1) is 0 Å². The van der Waals surface area contributed by atoms with Crippen molar-refractivity contribution in [3.05, 3.63) is 47.0 Å². The first kappa shape index (κ1) is 23.4. The summed E-state index contributed by atoms with van der Waals surface area (Å²) in [6.07, 6.45) is 5.81. The van der Waals surface area contributed by atoms with Crippen LogP contribution in [0.1, 0.15) is 39.8 Å². The number of halogens is 1. The Labute approximate surface area is 202 Å². The highest BCUT2D eigenvalue weighted by Crippen LogP contribution is 2.30. The molecule has 0 aromatic carbocycles. The van der Waals surface area contributed by atoms with Gasteiger partial charge < -0.3 is 24.7 Å². The third-order valence-corrected chi connectivity index (χ3v) is 5.97. The second kappa shape index (κ2) is 9.59. The van der Waals surface area contributed by atoms with Gasteiger partial charge in [0.25, 0.3) is 0 Å². The molecule has 1 fully saturated rings. The fourth-order valence-corrected chi connectivity index (χ4v) is 4.51. The Morgan fingerprint density at radius 2 is 2.12 bits per heavy atom. The van der Waals surface area contributed by atoms with Crippen molar-refractivity contribution in [1.82, 2.24) is 15.3 Å². The quantitative estimate of drug-likeness (QED) is 0.473. The Morgan fingerprint density at radius 1 is 1.30 bits per heavy atom. The van der Waals surface area contributed by atoms with Crippen molar-refractivity contribution in [1.29, 1.82) is 0 Å². The van der Waals surface area contributed by atoms with Crippen molar-refractivity contribution in [3.63, 3.8) is 0 Å². The number of nitrogens with one attached hydrogen (secondary N) is 2. The van der Waals surface area contributed by atoms with Crippen molar-refractivity contribution >= 4 is 44.5 Å². The van der Waals surface area contributed by atoms with E-state index in [0.717, 1.165) is 45.6 Å². The van der Waals surface area contributed by atoms with Gasteiger partial charge in [0.05, 0.1) is 34.3 Å². The van der Waals surface area contributed by atoms with Gasteiger partial charge in [0.15, 0.2) is 5.58 Å². The number of piperidine rings is 1. The van der Waals surface area contributed by atoms with Crippen LogP contribution in [0.3, 0.4) is 0 Å². The van der Waals surface area contributed by atoms with Crippen molar-refractivity contribution in [2.75, 3.05) is 23.3 Å². The summed E-state index contributed by atoms with van der Waals surface area (Å²) in [6, 6.07) is 5.89. The smallest absolute Gasteiger partial charge is 0.407 e. The number of ether oxygens (including phenoxy) is 1. The molecule has 0 spiro atoms. The van der Waals surface area contributed by atoms with Crippen LogP contribution < -0.4 is 15.5 Å². The van der Waals surface area contributed by atoms with Crippen LogP contribution >= 0.6 is 15.9 Å². The molecule has 1 aliphatic heterocycles. The summed E-state index contributed by atoms with van der Waals surface area (Å²) in [5.74, 6) is 0.419. The summed E-state index contributed by atoms with van der Waals surface area (Å²) in [6.45, 7) is 9.96. The van der Waals surface area contributed by atoms with E-state index in [2.05, 4.69) is 48.4 Å². The molecule has 2 N–H and O–H groups in total. The van der Waals surface area contributed by atoms with Crippen LogP contribution in [0.5, 0.6) is 0 Å². The van der Waals surface area contributed by atoms with Gasteiger partial charge in [-0.05, 0) is 67.2 Å². The maximum Gasteiger partial charge on any atom is 0.407 e. The fourth-order valence-electron chi connectivity index (χ4n) is 4.13. The molecule has 1 aliphatic rings. The van der Waals surface area contributed by atoms with E-state index in [1.165, 1.54) is 0 Å². The molecule has 1 amide bonds. The molecule has 0 unspecified atom stereocenters. The normalized spacial score (nSPS) is 18.9. The molecule has 1 saturated heterocycles. The van der Waals surface area contributed by atoms with E-state index in [9.17, 15) is 4.79 Å². The van der Waals surface area contributed by atoms with E-state index in [1.54, 1.807) is 12.5 Å². The van der Waals surface area contributed by atoms with Crippen molar-refractivity contribution in [2.45, 2.75) is 52.3 Å². The van der Waals surface area contributed by atoms with Crippen LogP contribution in [-0.4, -0.2) is 40.8 Å². The van der Waals surface area contributed by atoms with E-state index < -0.39 is 5.60 Å². The predicted molar refractivity (Wildman–Crippen MR) is 132 cm³/mol. The molecule has 4 rings (SSSR count). The first-order valence-corrected chi connectivity index (χ1v) is 11.9. The number of hydrogen-bond donors (Lipinski definition) is 2. The average Bonchev–Trinajstić information content (AvgIpc) is 3.11. The van der Waals surface area contributed by atoms with E-state index in [4.69, 9.17) is 9.15 Å². The van der Waals surface area contributed by atoms with Crippen molar-refractivity contribution in [3.8, 4) is 0 Å². The zero-order chi connectivity index (χ0) is 23.6. The van der Waals surface area contributed by atoms with Gasteiger partial charge in [-0.2, -0.15) is 0 Å². The first-order chi connectivity index (χ1) is 15.7. The van der Waals surface area contributed by atoms with Crippen LogP contribution in [0.4, 0.5) is 16.2 Å². The van der Waals surface area contributed by atoms with E-state index in [1.807, 2.05) is 45.2 Å². The van der Waals surface area contributed by atoms with Gasteiger partial charge in [0, 0.05) is 25.3 Å². The van der Waals surface area contributed by atoms with Crippen LogP contribution in [0.2, 0.25) is 0 Å². The lowest BCUT2D eigenvalue weighted by Crippen LogP contribution is -2.51. The van der Waals surface area contributed by atoms with Crippen LogP contribution in [0.15, 0.2) is 45.7 Å². The topological polar surface area (TPSA) is 92.5 Å². The van der Waals surface area contributed by atoms with Gasteiger partial charge in [-0.25, -0.2) is 9.78 Å². The van der Waals surface area contributed by atoms with Crippen LogP contribution in [0, 0.1) is 5.92 Å². The molecule has 3 aromatic heterocycles. The Hall–Kier alpha value is -2.81. The summed E-state index contributed by atoms with van der Waals surface area (Å²) in [5.41, 5.74) is 3.92. The van der Waals surface area contributed by atoms with E-state index in [-0.39, 0.29) is 12.1 Å². The number of hydrogen-bond acceptors (Lipinski definition) is 7. The summed E-state index contributed by atoms with van der Waals surface area (Å²) in [5, 5.41) is 6.52. The second-order valence-corrected chi connectivity index (χ2v) is 10.4. The highest BCUT2D eigenvalue weighted by molar-refractivity contribution is 9.10. The maximum absolute atomic E-state index is 12.3. The van der Waals surface area contributed by atoms with E-state index >= 15 is 0 Å². The highest BCUT2D eigenvalue weighted by Gasteiger charge is 2.28. The van der Waals surface area contributed by atoms with Crippen molar-refractivity contribution < 1.29 is 13.9 Å². The number of pyridine rings is 2. The average molecular weight is 516 g/mol. The maximum atomic E-state index is 12.3. The SMILES string of the molecule is C[C@@H]1C[C@H](NC(=O)OC(C)(C)C)CN(c2ccncc2NCc2ccc3occ(Br)c3n2)C1. The van der Waals surface area contributed by atoms with Gasteiger partial charge in [-0.1, -0.05) is 6.92 Å². The largest absolute Gasteiger partial charge is 0.461 e. The summed E-state index contributed by atoms with van der Waals surface area (Å²) < 4.78 is 11.7. The van der Waals surface area contributed by atoms with Gasteiger partial charge in [-0.3, -0.25) is 4.98 Å². The van der Waals surface area contributed by atoms with Crippen LogP contribution in [-0.2, 0) is 11.3 Å². The number of carbonyl (C=O) groups excluding carboxylic acids is 1. The van der Waals surface area contributed by atoms with E-state index in [0.29, 0.717) is 19.0 Å². The molecule has 4 heterocycles. The summed E-state index contributed by atoms with van der Waals surface area (Å²) >= 11 is 3.47. The molecule has 9 heteroatoms. The number of carbonyl (C=O) groups is 1. The molecule has 176 valence electrons. The molecule has 0 radical (unpaired) electrons. The monoisotopic (exact) mass is 515 g/mol. The van der Waals surface area contributed by atoms with Gasteiger partial charge in [0.2, 0.25) is 0 Å². The molecular formula is C24H30BrN5O3. The first-order valence-electron chi connectivity index (χ1n) is 11.1. The predicted octanol–water partition coefficient (Wildman–Crippen LogP) is 5.34. The lowest BCUT2D eigenvalue weighted by atomic mass is 9.95. The molecule has 8 nitrogen and oxygen atoms in total. The number of amides is 1.